The molecule has 2 rings (SSSR count). The van der Waals surface area contributed by atoms with Crippen LogP contribution in [0.4, 0.5) is 8.78 Å². The Morgan fingerprint density at radius 1 is 1.21 bits per heavy atom. The lowest BCUT2D eigenvalue weighted by atomic mass is 9.81. The van der Waals surface area contributed by atoms with Crippen molar-refractivity contribution in [2.45, 2.75) is 38.1 Å². The van der Waals surface area contributed by atoms with Crippen LogP contribution in [-0.2, 0) is 0 Å². The third-order valence-electron chi connectivity index (χ3n) is 3.80. The average Bonchev–Trinajstić information content (AvgIpc) is 2.40. The Balaban J connectivity index is 0.00000180. The highest BCUT2D eigenvalue weighted by molar-refractivity contribution is 5.85. The van der Waals surface area contributed by atoms with Gasteiger partial charge in [0.15, 0.2) is 11.6 Å². The first-order valence-corrected chi connectivity index (χ1v) is 6.42. The van der Waals surface area contributed by atoms with E-state index in [0.717, 1.165) is 25.7 Å². The van der Waals surface area contributed by atoms with Gasteiger partial charge in [0.1, 0.15) is 5.82 Å². The van der Waals surface area contributed by atoms with Gasteiger partial charge >= 0.3 is 0 Å². The van der Waals surface area contributed by atoms with Crippen molar-refractivity contribution in [3.63, 3.8) is 0 Å². The number of ether oxygens (including phenoxy) is 1. The molecule has 1 fully saturated rings. The fourth-order valence-corrected chi connectivity index (χ4v) is 2.74. The van der Waals surface area contributed by atoms with Gasteiger partial charge in [-0.25, -0.2) is 8.78 Å². The topological polar surface area (TPSA) is 35.2 Å². The monoisotopic (exact) mass is 291 g/mol. The number of nitrogens with two attached hydrogens (primary N) is 1. The number of hydrogen-bond donors (Lipinski definition) is 1. The van der Waals surface area contributed by atoms with Gasteiger partial charge < -0.3 is 10.5 Å². The number of benzene rings is 1. The molecule has 0 heterocycles. The molecule has 1 aliphatic carbocycles. The highest BCUT2D eigenvalue weighted by Gasteiger charge is 2.28. The van der Waals surface area contributed by atoms with Gasteiger partial charge in [-0.2, -0.15) is 0 Å². The van der Waals surface area contributed by atoms with Crippen molar-refractivity contribution in [3.8, 4) is 5.75 Å². The van der Waals surface area contributed by atoms with Gasteiger partial charge in [0.05, 0.1) is 7.11 Å². The third-order valence-corrected chi connectivity index (χ3v) is 3.80. The predicted octanol–water partition coefficient (Wildman–Crippen LogP) is 3.98. The zero-order chi connectivity index (χ0) is 13.1. The van der Waals surface area contributed by atoms with Crippen LogP contribution in [-0.4, -0.2) is 7.11 Å². The summed E-state index contributed by atoms with van der Waals surface area (Å²) in [6.45, 7) is 0. The molecule has 5 heteroatoms. The molecule has 2 nitrogen and oxygen atoms in total. The maximum Gasteiger partial charge on any atom is 0.172 e. The summed E-state index contributed by atoms with van der Waals surface area (Å²) in [6.07, 6.45) is 5.25. The molecule has 0 aromatic heterocycles. The highest BCUT2D eigenvalue weighted by atomic mass is 35.5. The first-order valence-electron chi connectivity index (χ1n) is 6.42. The van der Waals surface area contributed by atoms with E-state index >= 15 is 0 Å². The molecule has 1 aliphatic rings. The molecular formula is C14H20ClF2NO. The Hall–Kier alpha value is -0.870. The van der Waals surface area contributed by atoms with Crippen molar-refractivity contribution >= 4 is 12.4 Å². The smallest absolute Gasteiger partial charge is 0.172 e. The molecule has 0 saturated heterocycles. The van der Waals surface area contributed by atoms with Crippen LogP contribution in [0.15, 0.2) is 12.1 Å². The summed E-state index contributed by atoms with van der Waals surface area (Å²) in [6, 6.07) is 1.93. The Morgan fingerprint density at radius 3 is 2.42 bits per heavy atom. The van der Waals surface area contributed by atoms with Crippen LogP contribution in [0.3, 0.4) is 0 Å². The van der Waals surface area contributed by atoms with E-state index in [0.29, 0.717) is 0 Å². The fourth-order valence-electron chi connectivity index (χ4n) is 2.74. The van der Waals surface area contributed by atoms with Gasteiger partial charge in [0.2, 0.25) is 0 Å². The molecule has 1 aromatic rings. The zero-order valence-electron chi connectivity index (χ0n) is 11.0. The molecule has 1 atom stereocenters. The maximum atomic E-state index is 14.1. The van der Waals surface area contributed by atoms with Crippen LogP contribution in [0, 0.1) is 17.6 Å². The summed E-state index contributed by atoms with van der Waals surface area (Å²) >= 11 is 0. The predicted molar refractivity (Wildman–Crippen MR) is 73.7 cm³/mol. The number of methoxy groups -OCH3 is 1. The molecule has 0 bridgehead atoms. The second-order valence-electron chi connectivity index (χ2n) is 4.90. The molecule has 1 aromatic carbocycles. The van der Waals surface area contributed by atoms with Gasteiger partial charge in [0.25, 0.3) is 0 Å². The fraction of sp³-hybridized carbons (Fsp3) is 0.571. The van der Waals surface area contributed by atoms with E-state index in [-0.39, 0.29) is 29.6 Å². The quantitative estimate of drug-likeness (QED) is 0.914. The minimum absolute atomic E-state index is 0. The second-order valence-corrected chi connectivity index (χ2v) is 4.90. The summed E-state index contributed by atoms with van der Waals surface area (Å²) < 4.78 is 32.8. The van der Waals surface area contributed by atoms with Crippen LogP contribution in [0.25, 0.3) is 0 Å². The number of hydrogen-bond acceptors (Lipinski definition) is 2. The maximum absolute atomic E-state index is 14.1. The van der Waals surface area contributed by atoms with E-state index in [9.17, 15) is 8.78 Å². The second kappa shape index (κ2) is 7.06. The Labute approximate surface area is 118 Å². The van der Waals surface area contributed by atoms with Gasteiger partial charge in [0, 0.05) is 11.6 Å². The van der Waals surface area contributed by atoms with Crippen LogP contribution in [0.2, 0.25) is 0 Å². The van der Waals surface area contributed by atoms with Crippen molar-refractivity contribution < 1.29 is 13.5 Å². The normalized spacial score (nSPS) is 17.7. The molecular weight excluding hydrogens is 272 g/mol. The van der Waals surface area contributed by atoms with Crippen molar-refractivity contribution in [2.75, 3.05) is 7.11 Å². The van der Waals surface area contributed by atoms with Crippen molar-refractivity contribution in [2.24, 2.45) is 11.7 Å². The molecule has 0 unspecified atom stereocenters. The highest BCUT2D eigenvalue weighted by Crippen LogP contribution is 2.36. The average molecular weight is 292 g/mol. The SMILES string of the molecule is COc1ccc(F)c([C@H](N)C2CCCCC2)c1F.Cl. The summed E-state index contributed by atoms with van der Waals surface area (Å²) in [7, 11) is 1.37. The lowest BCUT2D eigenvalue weighted by Crippen LogP contribution is -2.25. The van der Waals surface area contributed by atoms with Crippen LogP contribution in [0.1, 0.15) is 43.7 Å². The van der Waals surface area contributed by atoms with E-state index < -0.39 is 17.7 Å². The molecule has 0 spiro atoms. The van der Waals surface area contributed by atoms with E-state index in [2.05, 4.69) is 0 Å². The number of halogens is 3. The zero-order valence-corrected chi connectivity index (χ0v) is 11.8. The third kappa shape index (κ3) is 3.37. The first kappa shape index (κ1) is 16.2. The van der Waals surface area contributed by atoms with Gasteiger partial charge in [-0.1, -0.05) is 19.3 Å². The van der Waals surface area contributed by atoms with Gasteiger partial charge in [-0.05, 0) is 30.9 Å². The molecule has 0 radical (unpaired) electrons. The summed E-state index contributed by atoms with van der Waals surface area (Å²) in [5.41, 5.74) is 6.03. The van der Waals surface area contributed by atoms with E-state index in [1.807, 2.05) is 0 Å². The summed E-state index contributed by atoms with van der Waals surface area (Å²) in [5, 5.41) is 0. The molecule has 1 saturated carbocycles. The van der Waals surface area contributed by atoms with Crippen molar-refractivity contribution in [1.82, 2.24) is 0 Å². The van der Waals surface area contributed by atoms with Crippen LogP contribution >= 0.6 is 12.4 Å². The lowest BCUT2D eigenvalue weighted by Gasteiger charge is -2.28. The first-order chi connectivity index (χ1) is 8.65. The molecule has 19 heavy (non-hydrogen) atoms. The minimum atomic E-state index is -0.657. The van der Waals surface area contributed by atoms with Gasteiger partial charge in [-0.15, -0.1) is 12.4 Å². The van der Waals surface area contributed by atoms with E-state index in [1.54, 1.807) is 0 Å². The van der Waals surface area contributed by atoms with Crippen molar-refractivity contribution in [3.05, 3.63) is 29.3 Å². The minimum Gasteiger partial charge on any atom is -0.494 e. The Kier molecular flexibility index (Phi) is 6.01. The van der Waals surface area contributed by atoms with Crippen LogP contribution in [0.5, 0.6) is 5.75 Å². The molecule has 0 amide bonds. The number of rotatable bonds is 3. The lowest BCUT2D eigenvalue weighted by molar-refractivity contribution is 0.294. The Morgan fingerprint density at radius 2 is 1.84 bits per heavy atom. The summed E-state index contributed by atoms with van der Waals surface area (Å²) in [4.78, 5) is 0. The standard InChI is InChI=1S/C14H19F2NO.ClH/c1-18-11-8-7-10(15)12(13(11)16)14(17)9-5-3-2-4-6-9;/h7-9,14H,2-6,17H2,1H3;1H/t14-;/m1./s1. The molecule has 2 N–H and O–H groups in total. The van der Waals surface area contributed by atoms with E-state index in [1.165, 1.54) is 25.7 Å². The van der Waals surface area contributed by atoms with E-state index in [4.69, 9.17) is 10.5 Å². The largest absolute Gasteiger partial charge is 0.494 e. The van der Waals surface area contributed by atoms with Gasteiger partial charge in [-0.3, -0.25) is 0 Å². The van der Waals surface area contributed by atoms with Crippen LogP contribution < -0.4 is 10.5 Å². The molecule has 0 aliphatic heterocycles. The van der Waals surface area contributed by atoms with Crippen molar-refractivity contribution in [1.29, 1.82) is 0 Å². The molecule has 108 valence electrons. The summed E-state index contributed by atoms with van der Waals surface area (Å²) in [5.74, 6) is -1.02. The Bertz CT molecular complexity index is 422.